The highest BCUT2D eigenvalue weighted by Crippen LogP contribution is 2.41. The van der Waals surface area contributed by atoms with E-state index in [1.807, 2.05) is 0 Å². The lowest BCUT2D eigenvalue weighted by Gasteiger charge is -2.32. The summed E-state index contributed by atoms with van der Waals surface area (Å²) in [5.74, 6) is -0.293. The number of nitriles is 1. The molecular weight excluding hydrogens is 397 g/mol. The average Bonchev–Trinajstić information content (AvgIpc) is 2.96. The number of urea groups is 1. The van der Waals surface area contributed by atoms with Gasteiger partial charge in [-0.05, 0) is 31.0 Å². The van der Waals surface area contributed by atoms with Crippen molar-refractivity contribution in [2.45, 2.75) is 50.9 Å². The molecular formula is C21H23F3N4O2. The predicted octanol–water partition coefficient (Wildman–Crippen LogP) is 4.12. The minimum atomic E-state index is -4.72. The Labute approximate surface area is 173 Å². The van der Waals surface area contributed by atoms with E-state index in [2.05, 4.69) is 0 Å². The molecule has 2 fully saturated rings. The van der Waals surface area contributed by atoms with Gasteiger partial charge in [-0.3, -0.25) is 14.6 Å². The van der Waals surface area contributed by atoms with E-state index < -0.39 is 23.3 Å². The monoisotopic (exact) mass is 420 g/mol. The first-order chi connectivity index (χ1) is 14.1. The maximum absolute atomic E-state index is 13.5. The summed E-state index contributed by atoms with van der Waals surface area (Å²) in [6.45, 7) is 1.37. The molecule has 1 aliphatic carbocycles. The molecule has 2 atom stereocenters. The number of benzene rings is 1. The largest absolute Gasteiger partial charge is 0.417 e. The van der Waals surface area contributed by atoms with Crippen LogP contribution < -0.4 is 4.90 Å². The van der Waals surface area contributed by atoms with Crippen LogP contribution in [0.5, 0.6) is 0 Å². The van der Waals surface area contributed by atoms with Crippen LogP contribution in [0, 0.1) is 11.3 Å². The number of Topliss-reactive ketones (excluding diaryl/α,β-unsaturated/α-hetero) is 1. The molecule has 2 amide bonds. The first kappa shape index (κ1) is 21.7. The molecule has 160 valence electrons. The topological polar surface area (TPSA) is 67.7 Å². The number of amides is 2. The number of halogens is 3. The molecule has 3 rings (SSSR count). The van der Waals surface area contributed by atoms with Crippen molar-refractivity contribution in [1.82, 2.24) is 9.80 Å². The molecule has 1 saturated carbocycles. The van der Waals surface area contributed by atoms with Gasteiger partial charge in [-0.15, -0.1) is 0 Å². The van der Waals surface area contributed by atoms with E-state index in [1.165, 1.54) is 22.8 Å². The van der Waals surface area contributed by atoms with E-state index >= 15 is 0 Å². The number of nitrogens with zero attached hydrogens (tertiary/aromatic N) is 4. The Hall–Kier alpha value is -3.02. The van der Waals surface area contributed by atoms with E-state index in [9.17, 15) is 22.8 Å². The first-order valence-corrected chi connectivity index (χ1v) is 9.69. The van der Waals surface area contributed by atoms with Crippen LogP contribution in [0.15, 0.2) is 30.1 Å². The number of carbonyl (C=O) groups excluding carboxylic acids is 2. The number of hydrogen-bond donors (Lipinski definition) is 0. The van der Waals surface area contributed by atoms with E-state index in [-0.39, 0.29) is 29.3 Å². The molecule has 0 aromatic heterocycles. The molecule has 1 aromatic carbocycles. The van der Waals surface area contributed by atoms with Gasteiger partial charge in [0.05, 0.1) is 29.3 Å². The van der Waals surface area contributed by atoms with Gasteiger partial charge >= 0.3 is 12.2 Å². The number of ketones is 1. The molecule has 6 nitrogen and oxygen atoms in total. The third-order valence-electron chi connectivity index (χ3n) is 5.48. The molecule has 0 N–H and O–H groups in total. The molecule has 0 spiro atoms. The van der Waals surface area contributed by atoms with Crippen LogP contribution in [-0.2, 0) is 11.0 Å². The Balaban J connectivity index is 2.11. The van der Waals surface area contributed by atoms with E-state index in [0.717, 1.165) is 25.0 Å². The SMILES string of the molecule is CC(=O)C(=CN(C)C)N1C(=O)N(c2ccc(C#N)c(C(F)(F)F)c2)[C@@H]2CCCC[C@H]21. The Morgan fingerprint density at radius 2 is 1.87 bits per heavy atom. The minimum Gasteiger partial charge on any atom is -0.382 e. The zero-order valence-electron chi connectivity index (χ0n) is 17.0. The highest BCUT2D eigenvalue weighted by molar-refractivity contribution is 6.03. The summed E-state index contributed by atoms with van der Waals surface area (Å²) >= 11 is 0. The lowest BCUT2D eigenvalue weighted by Crippen LogP contribution is -2.40. The predicted molar refractivity (Wildman–Crippen MR) is 104 cm³/mol. The Morgan fingerprint density at radius 3 is 2.40 bits per heavy atom. The highest BCUT2D eigenvalue weighted by atomic mass is 19.4. The Morgan fingerprint density at radius 1 is 1.23 bits per heavy atom. The minimum absolute atomic E-state index is 0.0819. The lowest BCUT2D eigenvalue weighted by molar-refractivity contribution is -0.137. The quantitative estimate of drug-likeness (QED) is 0.687. The number of carbonyl (C=O) groups is 2. The van der Waals surface area contributed by atoms with Gasteiger partial charge in [0.15, 0.2) is 5.78 Å². The van der Waals surface area contributed by atoms with Crippen molar-refractivity contribution < 1.29 is 22.8 Å². The van der Waals surface area contributed by atoms with Crippen molar-refractivity contribution in [2.24, 2.45) is 0 Å². The van der Waals surface area contributed by atoms with Crippen molar-refractivity contribution in [1.29, 1.82) is 5.26 Å². The molecule has 0 radical (unpaired) electrons. The third kappa shape index (κ3) is 3.86. The van der Waals surface area contributed by atoms with E-state index in [1.54, 1.807) is 31.3 Å². The summed E-state index contributed by atoms with van der Waals surface area (Å²) in [5.41, 5.74) is -1.27. The molecule has 30 heavy (non-hydrogen) atoms. The zero-order valence-corrected chi connectivity index (χ0v) is 17.0. The average molecular weight is 420 g/mol. The smallest absolute Gasteiger partial charge is 0.382 e. The van der Waals surface area contributed by atoms with Crippen LogP contribution in [0.4, 0.5) is 23.7 Å². The van der Waals surface area contributed by atoms with Crippen LogP contribution in [0.2, 0.25) is 0 Å². The molecule has 1 saturated heterocycles. The summed E-state index contributed by atoms with van der Waals surface area (Å²) in [6, 6.07) is 3.71. The van der Waals surface area contributed by atoms with Gasteiger partial charge in [-0.1, -0.05) is 12.8 Å². The van der Waals surface area contributed by atoms with Gasteiger partial charge in [0.1, 0.15) is 5.70 Å². The lowest BCUT2D eigenvalue weighted by atomic mass is 9.89. The van der Waals surface area contributed by atoms with Crippen LogP contribution in [0.25, 0.3) is 0 Å². The standard InChI is InChI=1S/C21H23F3N4O2/c1-13(29)19(12-26(2)3)28-18-7-5-4-6-17(18)27(20(28)30)15-9-8-14(11-25)16(10-15)21(22,23)24/h8-10,12,17-18H,4-7H2,1-3H3/t17-,18-/m1/s1. The van der Waals surface area contributed by atoms with E-state index in [0.29, 0.717) is 12.8 Å². The van der Waals surface area contributed by atoms with Crippen LogP contribution >= 0.6 is 0 Å². The zero-order chi connectivity index (χ0) is 22.2. The van der Waals surface area contributed by atoms with Crippen LogP contribution in [0.3, 0.4) is 0 Å². The molecule has 1 heterocycles. The number of allylic oxidation sites excluding steroid dienone is 1. The van der Waals surface area contributed by atoms with Gasteiger partial charge in [0.25, 0.3) is 0 Å². The molecule has 0 unspecified atom stereocenters. The number of hydrogen-bond acceptors (Lipinski definition) is 4. The Bertz CT molecular complexity index is 933. The summed E-state index contributed by atoms with van der Waals surface area (Å²) in [6.07, 6.45) is -0.157. The summed E-state index contributed by atoms with van der Waals surface area (Å²) in [7, 11) is 3.46. The summed E-state index contributed by atoms with van der Waals surface area (Å²) in [5, 5.41) is 9.05. The third-order valence-corrected chi connectivity index (χ3v) is 5.48. The van der Waals surface area contributed by atoms with Crippen molar-refractivity contribution >= 4 is 17.5 Å². The van der Waals surface area contributed by atoms with Crippen molar-refractivity contribution in [3.63, 3.8) is 0 Å². The molecule has 1 aliphatic heterocycles. The maximum Gasteiger partial charge on any atom is 0.417 e. The summed E-state index contributed by atoms with van der Waals surface area (Å²) < 4.78 is 40.4. The van der Waals surface area contributed by atoms with Gasteiger partial charge < -0.3 is 4.90 Å². The number of rotatable bonds is 4. The fourth-order valence-corrected chi connectivity index (χ4v) is 4.26. The number of fused-ring (bicyclic) bond motifs is 1. The van der Waals surface area contributed by atoms with Crippen molar-refractivity contribution in [3.8, 4) is 6.07 Å². The molecule has 0 bridgehead atoms. The highest BCUT2D eigenvalue weighted by Gasteiger charge is 2.49. The summed E-state index contributed by atoms with van der Waals surface area (Å²) in [4.78, 5) is 30.2. The van der Waals surface area contributed by atoms with Gasteiger partial charge in [0.2, 0.25) is 0 Å². The van der Waals surface area contributed by atoms with Gasteiger partial charge in [-0.2, -0.15) is 18.4 Å². The fourth-order valence-electron chi connectivity index (χ4n) is 4.26. The van der Waals surface area contributed by atoms with Crippen LogP contribution in [-0.4, -0.2) is 47.8 Å². The normalized spacial score (nSPS) is 22.0. The van der Waals surface area contributed by atoms with Crippen molar-refractivity contribution in [3.05, 3.63) is 41.2 Å². The molecule has 9 heteroatoms. The van der Waals surface area contributed by atoms with Gasteiger partial charge in [-0.25, -0.2) is 4.79 Å². The molecule has 2 aliphatic rings. The second kappa shape index (κ2) is 8.01. The van der Waals surface area contributed by atoms with E-state index in [4.69, 9.17) is 5.26 Å². The number of alkyl halides is 3. The molecule has 1 aromatic rings. The first-order valence-electron chi connectivity index (χ1n) is 9.69. The van der Waals surface area contributed by atoms with Crippen molar-refractivity contribution in [2.75, 3.05) is 19.0 Å². The second-order valence-corrected chi connectivity index (χ2v) is 7.82. The van der Waals surface area contributed by atoms with Gasteiger partial charge in [0, 0.05) is 32.9 Å². The maximum atomic E-state index is 13.5. The second-order valence-electron chi connectivity index (χ2n) is 7.82. The number of anilines is 1. The Kier molecular flexibility index (Phi) is 5.79. The van der Waals surface area contributed by atoms with Crippen LogP contribution in [0.1, 0.15) is 43.7 Å². The fraction of sp³-hybridized carbons (Fsp3) is 0.476.